The van der Waals surface area contributed by atoms with Crippen molar-refractivity contribution in [2.24, 2.45) is 0 Å². The highest BCUT2D eigenvalue weighted by molar-refractivity contribution is 7.89. The van der Waals surface area contributed by atoms with E-state index >= 15 is 0 Å². The van der Waals surface area contributed by atoms with Gasteiger partial charge in [-0.2, -0.15) is 8.61 Å². The minimum Gasteiger partial charge on any atom is -0.457 e. The molecule has 2 aliphatic heterocycles. The number of aliphatic hydroxyl groups is 2. The number of benzene rings is 2. The highest BCUT2D eigenvalue weighted by atomic mass is 32.2. The fourth-order valence-electron chi connectivity index (χ4n) is 4.46. The zero-order valence-electron chi connectivity index (χ0n) is 20.6. The van der Waals surface area contributed by atoms with Crippen molar-refractivity contribution < 1.29 is 31.8 Å². The predicted octanol–water partition coefficient (Wildman–Crippen LogP) is 0.0761. The Kier molecular flexibility index (Phi) is 9.19. The first-order valence-electron chi connectivity index (χ1n) is 12.3. The Hall–Kier alpha value is -2.10. The molecule has 11 nitrogen and oxygen atoms in total. The molecule has 4 rings (SSSR count). The summed E-state index contributed by atoms with van der Waals surface area (Å²) in [6.45, 7) is 4.96. The number of aliphatic hydroxyl groups excluding tert-OH is 2. The number of hydrogen-bond acceptors (Lipinski definition) is 9. The highest BCUT2D eigenvalue weighted by Crippen LogP contribution is 2.27. The summed E-state index contributed by atoms with van der Waals surface area (Å²) in [5.74, 6) is 0.865. The Balaban J connectivity index is 1.35. The third-order valence-corrected chi connectivity index (χ3v) is 10.5. The largest absolute Gasteiger partial charge is 0.457 e. The smallest absolute Gasteiger partial charge is 0.243 e. The molecule has 2 fully saturated rings. The topological polar surface area (TPSA) is 131 Å². The van der Waals surface area contributed by atoms with Crippen molar-refractivity contribution in [3.63, 3.8) is 0 Å². The monoisotopic (exact) mass is 554 g/mol. The molecule has 0 aliphatic carbocycles. The van der Waals surface area contributed by atoms with Crippen molar-refractivity contribution in [1.29, 1.82) is 0 Å². The second kappa shape index (κ2) is 12.2. The van der Waals surface area contributed by atoms with Crippen LogP contribution in [0.2, 0.25) is 0 Å². The Morgan fingerprint density at radius 2 is 0.892 bits per heavy atom. The lowest BCUT2D eigenvalue weighted by Gasteiger charge is -2.33. The van der Waals surface area contributed by atoms with Gasteiger partial charge in [-0.3, -0.25) is 9.80 Å². The molecule has 37 heavy (non-hydrogen) atoms. The summed E-state index contributed by atoms with van der Waals surface area (Å²) >= 11 is 0. The molecule has 0 unspecified atom stereocenters. The van der Waals surface area contributed by atoms with Crippen molar-refractivity contribution in [3.8, 4) is 11.5 Å². The second-order valence-electron chi connectivity index (χ2n) is 8.98. The predicted molar refractivity (Wildman–Crippen MR) is 138 cm³/mol. The van der Waals surface area contributed by atoms with Gasteiger partial charge in [0.2, 0.25) is 20.0 Å². The van der Waals surface area contributed by atoms with E-state index in [0.717, 1.165) is 0 Å². The van der Waals surface area contributed by atoms with Gasteiger partial charge < -0.3 is 14.9 Å². The SMILES string of the molecule is O=S(=O)(c1ccc(Oc2ccc(S(=O)(=O)N3CCN(CCO)CC3)cc2)cc1)N1CCN(CCO)CC1. The first kappa shape index (κ1) is 27.9. The van der Waals surface area contributed by atoms with Crippen molar-refractivity contribution in [2.75, 3.05) is 78.7 Å². The fourth-order valence-corrected chi connectivity index (χ4v) is 7.31. The lowest BCUT2D eigenvalue weighted by atomic mass is 10.3. The van der Waals surface area contributed by atoms with Crippen molar-refractivity contribution >= 4 is 20.0 Å². The van der Waals surface area contributed by atoms with E-state index in [0.29, 0.717) is 76.9 Å². The summed E-state index contributed by atoms with van der Waals surface area (Å²) in [6, 6.07) is 12.3. The van der Waals surface area contributed by atoms with Gasteiger partial charge in [-0.05, 0) is 48.5 Å². The second-order valence-corrected chi connectivity index (χ2v) is 12.9. The van der Waals surface area contributed by atoms with Crippen LogP contribution in [0.3, 0.4) is 0 Å². The Morgan fingerprint density at radius 3 is 1.19 bits per heavy atom. The lowest BCUT2D eigenvalue weighted by molar-refractivity contribution is 0.151. The standard InChI is InChI=1S/C24H34N4O7S2/c29-19-17-25-9-13-27(14-10-25)36(31,32)23-5-1-21(2-6-23)35-22-3-7-24(8-4-22)37(33,34)28-15-11-26(12-16-28)18-20-30/h1-8,29-30H,9-20H2. The Labute approximate surface area is 218 Å². The maximum atomic E-state index is 13.0. The molecule has 0 radical (unpaired) electrons. The first-order valence-corrected chi connectivity index (χ1v) is 15.2. The van der Waals surface area contributed by atoms with Gasteiger partial charge in [0.15, 0.2) is 0 Å². The maximum absolute atomic E-state index is 13.0. The van der Waals surface area contributed by atoms with Crippen LogP contribution < -0.4 is 4.74 Å². The molecule has 0 aromatic heterocycles. The van der Waals surface area contributed by atoms with E-state index in [1.165, 1.54) is 32.9 Å². The van der Waals surface area contributed by atoms with Crippen LogP contribution in [0.25, 0.3) is 0 Å². The van der Waals surface area contributed by atoms with Crippen LogP contribution in [0.5, 0.6) is 11.5 Å². The van der Waals surface area contributed by atoms with Gasteiger partial charge in [0.25, 0.3) is 0 Å². The number of ether oxygens (including phenoxy) is 1. The highest BCUT2D eigenvalue weighted by Gasteiger charge is 2.29. The molecule has 0 bridgehead atoms. The van der Waals surface area contributed by atoms with Crippen LogP contribution in [0.4, 0.5) is 0 Å². The van der Waals surface area contributed by atoms with Crippen molar-refractivity contribution in [1.82, 2.24) is 18.4 Å². The van der Waals surface area contributed by atoms with Crippen LogP contribution in [-0.2, 0) is 20.0 Å². The number of piperazine rings is 2. The van der Waals surface area contributed by atoms with E-state index in [-0.39, 0.29) is 23.0 Å². The minimum absolute atomic E-state index is 0.0518. The summed E-state index contributed by atoms with van der Waals surface area (Å²) < 4.78 is 60.6. The molecule has 2 aromatic rings. The van der Waals surface area contributed by atoms with Gasteiger partial charge in [-0.25, -0.2) is 16.8 Å². The molecule has 0 spiro atoms. The van der Waals surface area contributed by atoms with Gasteiger partial charge in [-0.1, -0.05) is 0 Å². The molecule has 2 heterocycles. The van der Waals surface area contributed by atoms with E-state index in [1.54, 1.807) is 24.3 Å². The number of hydrogen-bond donors (Lipinski definition) is 2. The lowest BCUT2D eigenvalue weighted by Crippen LogP contribution is -2.49. The number of sulfonamides is 2. The molecule has 0 amide bonds. The molecule has 2 aliphatic rings. The Bertz CT molecular complexity index is 1130. The Morgan fingerprint density at radius 1 is 0.568 bits per heavy atom. The molecule has 2 N–H and O–H groups in total. The molecule has 204 valence electrons. The van der Waals surface area contributed by atoms with Gasteiger partial charge in [0.05, 0.1) is 23.0 Å². The molecule has 13 heteroatoms. The molecule has 2 saturated heterocycles. The fraction of sp³-hybridized carbons (Fsp3) is 0.500. The summed E-state index contributed by atoms with van der Waals surface area (Å²) in [5, 5.41) is 18.1. The maximum Gasteiger partial charge on any atom is 0.243 e. The van der Waals surface area contributed by atoms with Crippen LogP contribution in [-0.4, -0.2) is 124 Å². The van der Waals surface area contributed by atoms with Crippen LogP contribution in [0, 0.1) is 0 Å². The van der Waals surface area contributed by atoms with Gasteiger partial charge in [0.1, 0.15) is 11.5 Å². The molecular weight excluding hydrogens is 520 g/mol. The summed E-state index contributed by atoms with van der Waals surface area (Å²) in [7, 11) is -7.26. The van der Waals surface area contributed by atoms with E-state index < -0.39 is 20.0 Å². The third kappa shape index (κ3) is 6.67. The van der Waals surface area contributed by atoms with Gasteiger partial charge >= 0.3 is 0 Å². The van der Waals surface area contributed by atoms with Gasteiger partial charge in [-0.15, -0.1) is 0 Å². The van der Waals surface area contributed by atoms with Gasteiger partial charge in [0, 0.05) is 65.4 Å². The summed E-state index contributed by atoms with van der Waals surface area (Å²) in [5.41, 5.74) is 0. The average molecular weight is 555 g/mol. The quantitative estimate of drug-likeness (QED) is 0.419. The van der Waals surface area contributed by atoms with E-state index in [4.69, 9.17) is 14.9 Å². The zero-order valence-corrected chi connectivity index (χ0v) is 22.3. The first-order chi connectivity index (χ1) is 17.7. The van der Waals surface area contributed by atoms with Crippen molar-refractivity contribution in [3.05, 3.63) is 48.5 Å². The zero-order chi connectivity index (χ0) is 26.5. The summed E-state index contributed by atoms with van der Waals surface area (Å²) in [6.07, 6.45) is 0. The third-order valence-electron chi connectivity index (χ3n) is 6.65. The molecule has 2 aromatic carbocycles. The van der Waals surface area contributed by atoms with E-state index in [1.807, 2.05) is 9.80 Å². The number of β-amino-alcohol motifs (C(OH)–C–C–N with tert-alkyl or cyclic N) is 2. The molecule has 0 atom stereocenters. The van der Waals surface area contributed by atoms with Crippen LogP contribution >= 0.6 is 0 Å². The van der Waals surface area contributed by atoms with E-state index in [2.05, 4.69) is 0 Å². The molecule has 0 saturated carbocycles. The summed E-state index contributed by atoms with van der Waals surface area (Å²) in [4.78, 5) is 4.41. The van der Waals surface area contributed by atoms with Crippen LogP contribution in [0.1, 0.15) is 0 Å². The minimum atomic E-state index is -3.63. The average Bonchev–Trinajstić information content (AvgIpc) is 2.90. The molecular formula is C24H34N4O7S2. The normalized spacial score (nSPS) is 19.2. The number of nitrogens with zero attached hydrogens (tertiary/aromatic N) is 4. The van der Waals surface area contributed by atoms with E-state index in [9.17, 15) is 16.8 Å². The number of rotatable bonds is 10. The van der Waals surface area contributed by atoms with Crippen molar-refractivity contribution in [2.45, 2.75) is 9.79 Å². The van der Waals surface area contributed by atoms with Crippen LogP contribution in [0.15, 0.2) is 58.3 Å².